The molecule has 1 amide bonds. The molecule has 0 rings (SSSR count). The van der Waals surface area contributed by atoms with E-state index in [0.717, 1.165) is 51.4 Å². The molecule has 0 aliphatic rings. The molecule has 3 unspecified atom stereocenters. The fourth-order valence-corrected chi connectivity index (χ4v) is 8.79. The number of allylic oxidation sites excluding steroid dienone is 6. The van der Waals surface area contributed by atoms with Crippen LogP contribution in [0.5, 0.6) is 0 Å². The zero-order valence-electron chi connectivity index (χ0n) is 43.0. The predicted octanol–water partition coefficient (Wildman–Crippen LogP) is 16.2. The lowest BCUT2D eigenvalue weighted by Crippen LogP contribution is -2.46. The fourth-order valence-electron chi connectivity index (χ4n) is 8.05. The lowest BCUT2D eigenvalue weighted by atomic mass is 10.0. The molecule has 0 aliphatic carbocycles. The van der Waals surface area contributed by atoms with Gasteiger partial charge in [-0.1, -0.05) is 237 Å². The summed E-state index contributed by atoms with van der Waals surface area (Å²) in [5, 5.41) is 14.0. The van der Waals surface area contributed by atoms with Crippen LogP contribution in [0.25, 0.3) is 0 Å². The molecule has 0 radical (unpaired) electrons. The maximum Gasteiger partial charge on any atom is 0.472 e. The quantitative estimate of drug-likeness (QED) is 0.0243. The summed E-state index contributed by atoms with van der Waals surface area (Å²) in [5.41, 5.74) is 0. The Morgan fingerprint density at radius 3 is 1.30 bits per heavy atom. The number of phosphoric acid groups is 1. The predicted molar refractivity (Wildman–Crippen MR) is 277 cm³/mol. The van der Waals surface area contributed by atoms with E-state index >= 15 is 0 Å². The highest BCUT2D eigenvalue weighted by atomic mass is 31.2. The molecule has 0 aromatic rings. The normalized spacial score (nSPS) is 14.3. The first-order valence-electron chi connectivity index (χ1n) is 27.4. The number of carbonyl (C=O) groups is 1. The Labute approximate surface area is 397 Å². The second kappa shape index (κ2) is 46.8. The molecule has 0 spiro atoms. The van der Waals surface area contributed by atoms with Crippen LogP contribution in [0.2, 0.25) is 0 Å². The topological polar surface area (TPSA) is 105 Å². The van der Waals surface area contributed by atoms with Crippen LogP contribution in [0.15, 0.2) is 36.5 Å². The van der Waals surface area contributed by atoms with Crippen LogP contribution in [0.4, 0.5) is 0 Å². The molecule has 0 saturated carbocycles. The minimum atomic E-state index is -4.32. The second-order valence-electron chi connectivity index (χ2n) is 20.0. The molecule has 0 heterocycles. The third-order valence-corrected chi connectivity index (χ3v) is 13.4. The van der Waals surface area contributed by atoms with E-state index in [1.807, 2.05) is 21.1 Å². The van der Waals surface area contributed by atoms with Crippen LogP contribution in [0.3, 0.4) is 0 Å². The summed E-state index contributed by atoms with van der Waals surface area (Å²) in [7, 11) is 1.62. The van der Waals surface area contributed by atoms with Crippen LogP contribution in [-0.2, 0) is 18.4 Å². The minimum absolute atomic E-state index is 0.0746. The largest absolute Gasteiger partial charge is 0.472 e. The molecule has 0 aromatic carbocycles. The number of likely N-dealkylation sites (N-methyl/N-ethyl adjacent to an activating group) is 1. The van der Waals surface area contributed by atoms with Crippen molar-refractivity contribution in [1.29, 1.82) is 0 Å². The number of nitrogens with one attached hydrogen (secondary N) is 1. The van der Waals surface area contributed by atoms with Gasteiger partial charge in [-0.25, -0.2) is 4.57 Å². The van der Waals surface area contributed by atoms with Crippen molar-refractivity contribution in [2.24, 2.45) is 0 Å². The smallest absolute Gasteiger partial charge is 0.391 e. The minimum Gasteiger partial charge on any atom is -0.391 e. The molecule has 9 heteroatoms. The summed E-state index contributed by atoms with van der Waals surface area (Å²) in [6.07, 6.45) is 59.0. The van der Waals surface area contributed by atoms with Gasteiger partial charge in [-0.05, 0) is 51.4 Å². The molecule has 0 saturated heterocycles. The molecular formula is C55H108N2O6P+. The number of quaternary nitrogens is 1. The first-order valence-corrected chi connectivity index (χ1v) is 28.8. The third kappa shape index (κ3) is 48.6. The van der Waals surface area contributed by atoms with Crippen molar-refractivity contribution in [3.05, 3.63) is 36.5 Å². The highest BCUT2D eigenvalue weighted by molar-refractivity contribution is 7.47. The summed E-state index contributed by atoms with van der Waals surface area (Å²) in [5.74, 6) is -0.145. The van der Waals surface area contributed by atoms with Crippen molar-refractivity contribution >= 4 is 13.7 Å². The Balaban J connectivity index is 4.15. The molecule has 64 heavy (non-hydrogen) atoms. The van der Waals surface area contributed by atoms with Gasteiger partial charge < -0.3 is 19.8 Å². The van der Waals surface area contributed by atoms with Crippen LogP contribution in [-0.4, -0.2) is 73.4 Å². The monoisotopic (exact) mass is 924 g/mol. The van der Waals surface area contributed by atoms with Crippen molar-refractivity contribution in [1.82, 2.24) is 5.32 Å². The van der Waals surface area contributed by atoms with Gasteiger partial charge >= 0.3 is 7.82 Å². The van der Waals surface area contributed by atoms with Gasteiger partial charge in [0.15, 0.2) is 0 Å². The number of nitrogens with zero attached hydrogens (tertiary/aromatic N) is 1. The molecule has 0 fully saturated rings. The zero-order valence-corrected chi connectivity index (χ0v) is 43.9. The van der Waals surface area contributed by atoms with E-state index in [9.17, 15) is 19.4 Å². The second-order valence-corrected chi connectivity index (χ2v) is 21.4. The lowest BCUT2D eigenvalue weighted by Gasteiger charge is -2.26. The molecule has 3 atom stereocenters. The molecule has 378 valence electrons. The van der Waals surface area contributed by atoms with Gasteiger partial charge in [0.25, 0.3) is 0 Å². The summed E-state index contributed by atoms with van der Waals surface area (Å²) >= 11 is 0. The van der Waals surface area contributed by atoms with E-state index in [-0.39, 0.29) is 19.1 Å². The average Bonchev–Trinajstić information content (AvgIpc) is 3.25. The van der Waals surface area contributed by atoms with E-state index in [2.05, 4.69) is 55.6 Å². The van der Waals surface area contributed by atoms with Gasteiger partial charge in [-0.2, -0.15) is 0 Å². The molecule has 0 aromatic heterocycles. The van der Waals surface area contributed by atoms with Crippen LogP contribution >= 0.6 is 7.82 Å². The first kappa shape index (κ1) is 62.7. The van der Waals surface area contributed by atoms with Gasteiger partial charge in [0.1, 0.15) is 13.2 Å². The first-order chi connectivity index (χ1) is 31.0. The van der Waals surface area contributed by atoms with E-state index < -0.39 is 20.0 Å². The van der Waals surface area contributed by atoms with Crippen molar-refractivity contribution in [2.45, 2.75) is 270 Å². The Hall–Kier alpha value is -1.28. The van der Waals surface area contributed by atoms with Crippen molar-refractivity contribution in [3.8, 4) is 0 Å². The van der Waals surface area contributed by atoms with E-state index in [1.165, 1.54) is 180 Å². The number of hydrogen-bond donors (Lipinski definition) is 3. The maximum absolute atomic E-state index is 13.0. The molecule has 3 N–H and O–H groups in total. The number of phosphoric ester groups is 1. The maximum atomic E-state index is 13.0. The van der Waals surface area contributed by atoms with Gasteiger partial charge in [0, 0.05) is 6.42 Å². The Kier molecular flexibility index (Phi) is 45.9. The van der Waals surface area contributed by atoms with Crippen molar-refractivity contribution < 1.29 is 32.9 Å². The zero-order chi connectivity index (χ0) is 47.1. The third-order valence-electron chi connectivity index (χ3n) is 12.4. The number of aliphatic hydroxyl groups excluding tert-OH is 1. The van der Waals surface area contributed by atoms with Gasteiger partial charge in [-0.3, -0.25) is 13.8 Å². The van der Waals surface area contributed by atoms with Crippen LogP contribution in [0.1, 0.15) is 258 Å². The summed E-state index contributed by atoms with van der Waals surface area (Å²) < 4.78 is 23.7. The van der Waals surface area contributed by atoms with Gasteiger partial charge in [0.2, 0.25) is 5.91 Å². The lowest BCUT2D eigenvalue weighted by molar-refractivity contribution is -0.870. The van der Waals surface area contributed by atoms with Gasteiger partial charge in [0.05, 0.1) is 39.9 Å². The summed E-state index contributed by atoms with van der Waals surface area (Å²) in [6, 6.07) is -0.761. The van der Waals surface area contributed by atoms with E-state index in [4.69, 9.17) is 9.05 Å². The average molecular weight is 924 g/mol. The number of carbonyl (C=O) groups excluding carboxylic acids is 1. The van der Waals surface area contributed by atoms with E-state index in [1.54, 1.807) is 0 Å². The standard InChI is InChI=1S/C55H107N2O6P/c1-6-8-10-12-14-16-18-20-22-23-24-25-26-27-28-29-30-31-32-33-35-37-39-41-43-45-47-49-55(59)56-53(52-63-64(60,61)62-51-50-57(3,4)5)54(58)48-46-44-42-40-38-36-34-21-19-17-15-13-11-9-7-2/h18,20,23-24,26-27,53-54,58H,6-17,19,21-22,25,28-52H2,1-5H3,(H-,56,59,60,61)/p+1/b20-18-,24-23-,27-26-. The Morgan fingerprint density at radius 2 is 0.891 bits per heavy atom. The number of amides is 1. The molecule has 8 nitrogen and oxygen atoms in total. The van der Waals surface area contributed by atoms with Crippen molar-refractivity contribution in [2.75, 3.05) is 40.9 Å². The van der Waals surface area contributed by atoms with E-state index in [0.29, 0.717) is 23.9 Å². The SMILES string of the molecule is CCCCCCC/C=C\C/C=C\C/C=C\CCCCCCCCCCCCCCC(=O)NC(COP(=O)(O)OCC[N+](C)(C)C)C(O)CCCCCCCCCCCCCCCCC. The van der Waals surface area contributed by atoms with Crippen molar-refractivity contribution in [3.63, 3.8) is 0 Å². The molecule has 0 aliphatic heterocycles. The van der Waals surface area contributed by atoms with Gasteiger partial charge in [-0.15, -0.1) is 0 Å². The molecule has 0 bridgehead atoms. The molecular weight excluding hydrogens is 816 g/mol. The fraction of sp³-hybridized carbons (Fsp3) is 0.873. The highest BCUT2D eigenvalue weighted by Crippen LogP contribution is 2.43. The number of hydrogen-bond acceptors (Lipinski definition) is 5. The Morgan fingerprint density at radius 1 is 0.531 bits per heavy atom. The summed E-state index contributed by atoms with van der Waals surface area (Å²) in [4.78, 5) is 23.3. The highest BCUT2D eigenvalue weighted by Gasteiger charge is 2.28. The van der Waals surface area contributed by atoms with Crippen LogP contribution in [0, 0.1) is 0 Å². The number of aliphatic hydroxyl groups is 1. The Bertz CT molecular complexity index is 1140. The summed E-state index contributed by atoms with van der Waals surface area (Å²) in [6.45, 7) is 4.89. The number of rotatable bonds is 50. The van der Waals surface area contributed by atoms with Crippen LogP contribution < -0.4 is 5.32 Å². The number of unbranched alkanes of at least 4 members (excludes halogenated alkanes) is 31.